The van der Waals surface area contributed by atoms with E-state index >= 15 is 0 Å². The predicted molar refractivity (Wildman–Crippen MR) is 89.4 cm³/mol. The molecule has 1 unspecified atom stereocenters. The van der Waals surface area contributed by atoms with Crippen LogP contribution in [0.4, 0.5) is 0 Å². The molecule has 6 nitrogen and oxygen atoms in total. The molecule has 0 spiro atoms. The van der Waals surface area contributed by atoms with E-state index in [2.05, 4.69) is 10.3 Å². The molecule has 2 aromatic carbocycles. The van der Waals surface area contributed by atoms with Gasteiger partial charge in [0.05, 0.1) is 20.3 Å². The molecule has 0 aliphatic carbocycles. The molecule has 1 heterocycles. The summed E-state index contributed by atoms with van der Waals surface area (Å²) in [6, 6.07) is 10.5. The van der Waals surface area contributed by atoms with Crippen LogP contribution in [0.1, 0.15) is 28.9 Å². The molecule has 0 radical (unpaired) electrons. The largest absolute Gasteiger partial charge is 0.493 e. The van der Waals surface area contributed by atoms with Gasteiger partial charge in [0.15, 0.2) is 23.5 Å². The Kier molecular flexibility index (Phi) is 4.37. The summed E-state index contributed by atoms with van der Waals surface area (Å²) in [5, 5.41) is 2.96. The molecule has 124 valence electrons. The lowest BCUT2D eigenvalue weighted by molar-refractivity contribution is 0.0940. The summed E-state index contributed by atoms with van der Waals surface area (Å²) < 4.78 is 15.7. The fourth-order valence-corrected chi connectivity index (χ4v) is 2.48. The van der Waals surface area contributed by atoms with Crippen LogP contribution in [0.5, 0.6) is 11.5 Å². The molecule has 0 saturated heterocycles. The summed E-state index contributed by atoms with van der Waals surface area (Å²) in [7, 11) is 3.17. The molecule has 24 heavy (non-hydrogen) atoms. The first-order valence-electron chi connectivity index (χ1n) is 7.48. The van der Waals surface area contributed by atoms with Gasteiger partial charge in [-0.25, -0.2) is 4.98 Å². The van der Waals surface area contributed by atoms with Crippen molar-refractivity contribution < 1.29 is 18.7 Å². The van der Waals surface area contributed by atoms with Crippen molar-refractivity contribution in [1.29, 1.82) is 0 Å². The van der Waals surface area contributed by atoms with Crippen molar-refractivity contribution in [3.63, 3.8) is 0 Å². The van der Waals surface area contributed by atoms with Gasteiger partial charge < -0.3 is 19.2 Å². The summed E-state index contributed by atoms with van der Waals surface area (Å²) in [6.45, 7) is 1.91. The molecule has 0 aliphatic rings. The highest BCUT2D eigenvalue weighted by molar-refractivity contribution is 5.97. The van der Waals surface area contributed by atoms with Gasteiger partial charge in [-0.15, -0.1) is 0 Å². The Hall–Kier alpha value is -3.02. The monoisotopic (exact) mass is 326 g/mol. The van der Waals surface area contributed by atoms with Crippen LogP contribution in [-0.4, -0.2) is 25.1 Å². The number of amides is 1. The number of rotatable bonds is 5. The number of benzene rings is 2. The van der Waals surface area contributed by atoms with Gasteiger partial charge in [0.25, 0.3) is 5.91 Å². The van der Waals surface area contributed by atoms with E-state index in [1.54, 1.807) is 32.4 Å². The predicted octanol–water partition coefficient (Wildman–Crippen LogP) is 3.34. The zero-order valence-corrected chi connectivity index (χ0v) is 13.7. The highest BCUT2D eigenvalue weighted by Crippen LogP contribution is 2.30. The molecule has 0 bridgehead atoms. The first-order chi connectivity index (χ1) is 11.6. The van der Waals surface area contributed by atoms with Gasteiger partial charge in [0.1, 0.15) is 5.52 Å². The maximum absolute atomic E-state index is 12.4. The molecule has 0 fully saturated rings. The Labute approximate surface area is 139 Å². The average molecular weight is 326 g/mol. The zero-order chi connectivity index (χ0) is 17.1. The number of ether oxygens (including phenoxy) is 2. The van der Waals surface area contributed by atoms with E-state index in [0.717, 1.165) is 5.56 Å². The van der Waals surface area contributed by atoms with Gasteiger partial charge in [-0.3, -0.25) is 4.79 Å². The van der Waals surface area contributed by atoms with E-state index in [-0.39, 0.29) is 11.9 Å². The smallest absolute Gasteiger partial charge is 0.251 e. The SMILES string of the molecule is COc1ccc(C(C)NC(=O)c2ccc3ocnc3c2)cc1OC. The van der Waals surface area contributed by atoms with Gasteiger partial charge in [0.2, 0.25) is 0 Å². The highest BCUT2D eigenvalue weighted by Gasteiger charge is 2.14. The number of carbonyl (C=O) groups excluding carboxylic acids is 1. The second-order valence-electron chi connectivity index (χ2n) is 5.34. The molecular formula is C18H18N2O4. The molecule has 1 N–H and O–H groups in total. The van der Waals surface area contributed by atoms with Crippen molar-refractivity contribution in [2.24, 2.45) is 0 Å². The van der Waals surface area contributed by atoms with Gasteiger partial charge in [-0.2, -0.15) is 0 Å². The van der Waals surface area contributed by atoms with Crippen LogP contribution in [0.15, 0.2) is 47.2 Å². The summed E-state index contributed by atoms with van der Waals surface area (Å²) in [5.74, 6) is 1.10. The summed E-state index contributed by atoms with van der Waals surface area (Å²) in [4.78, 5) is 16.5. The fraction of sp³-hybridized carbons (Fsp3) is 0.222. The maximum Gasteiger partial charge on any atom is 0.251 e. The number of aromatic nitrogens is 1. The summed E-state index contributed by atoms with van der Waals surface area (Å²) >= 11 is 0. The van der Waals surface area contributed by atoms with Crippen molar-refractivity contribution in [2.45, 2.75) is 13.0 Å². The number of hydrogen-bond donors (Lipinski definition) is 1. The number of methoxy groups -OCH3 is 2. The quantitative estimate of drug-likeness (QED) is 0.778. The van der Waals surface area contributed by atoms with Crippen LogP contribution in [0.3, 0.4) is 0 Å². The van der Waals surface area contributed by atoms with E-state index in [4.69, 9.17) is 13.9 Å². The second-order valence-corrected chi connectivity index (χ2v) is 5.34. The summed E-state index contributed by atoms with van der Waals surface area (Å²) in [6.07, 6.45) is 1.36. The van der Waals surface area contributed by atoms with E-state index < -0.39 is 0 Å². The lowest BCUT2D eigenvalue weighted by Crippen LogP contribution is -2.26. The number of hydrogen-bond acceptors (Lipinski definition) is 5. The molecule has 0 aliphatic heterocycles. The molecule has 3 rings (SSSR count). The Balaban J connectivity index is 1.78. The zero-order valence-electron chi connectivity index (χ0n) is 13.7. The topological polar surface area (TPSA) is 73.6 Å². The van der Waals surface area contributed by atoms with Crippen LogP contribution >= 0.6 is 0 Å². The van der Waals surface area contributed by atoms with Gasteiger partial charge >= 0.3 is 0 Å². The van der Waals surface area contributed by atoms with Crippen LogP contribution in [0.25, 0.3) is 11.1 Å². The van der Waals surface area contributed by atoms with Crippen molar-refractivity contribution in [2.75, 3.05) is 14.2 Å². The van der Waals surface area contributed by atoms with Gasteiger partial charge in [0, 0.05) is 5.56 Å². The second kappa shape index (κ2) is 6.62. The van der Waals surface area contributed by atoms with E-state index in [1.165, 1.54) is 6.39 Å². The van der Waals surface area contributed by atoms with Crippen molar-refractivity contribution in [3.8, 4) is 11.5 Å². The van der Waals surface area contributed by atoms with E-state index in [1.807, 2.05) is 25.1 Å². The Morgan fingerprint density at radius 3 is 2.67 bits per heavy atom. The summed E-state index contributed by atoms with van der Waals surface area (Å²) in [5.41, 5.74) is 2.76. The van der Waals surface area contributed by atoms with Crippen molar-refractivity contribution in [1.82, 2.24) is 10.3 Å². The third-order valence-corrected chi connectivity index (χ3v) is 3.85. The number of fused-ring (bicyclic) bond motifs is 1. The molecule has 1 amide bonds. The Bertz CT molecular complexity index is 872. The van der Waals surface area contributed by atoms with Gasteiger partial charge in [-0.05, 0) is 42.8 Å². The van der Waals surface area contributed by atoms with Crippen molar-refractivity contribution in [3.05, 3.63) is 53.9 Å². The maximum atomic E-state index is 12.4. The Morgan fingerprint density at radius 2 is 1.92 bits per heavy atom. The molecule has 1 atom stereocenters. The average Bonchev–Trinajstić information content (AvgIpc) is 3.08. The molecule has 3 aromatic rings. The van der Waals surface area contributed by atoms with E-state index in [0.29, 0.717) is 28.2 Å². The molecule has 6 heteroatoms. The fourth-order valence-electron chi connectivity index (χ4n) is 2.48. The minimum atomic E-state index is -0.190. The number of nitrogens with zero attached hydrogens (tertiary/aromatic N) is 1. The lowest BCUT2D eigenvalue weighted by Gasteiger charge is -2.16. The normalized spacial score (nSPS) is 12.0. The van der Waals surface area contributed by atoms with Crippen molar-refractivity contribution >= 4 is 17.0 Å². The van der Waals surface area contributed by atoms with E-state index in [9.17, 15) is 4.79 Å². The minimum absolute atomic E-state index is 0.179. The lowest BCUT2D eigenvalue weighted by atomic mass is 10.1. The minimum Gasteiger partial charge on any atom is -0.493 e. The molecule has 0 saturated carbocycles. The van der Waals surface area contributed by atoms with Crippen LogP contribution < -0.4 is 14.8 Å². The number of nitrogens with one attached hydrogen (secondary N) is 1. The third kappa shape index (κ3) is 3.03. The first-order valence-corrected chi connectivity index (χ1v) is 7.48. The van der Waals surface area contributed by atoms with Crippen LogP contribution in [0, 0.1) is 0 Å². The molecular weight excluding hydrogens is 308 g/mol. The standard InChI is InChI=1S/C18H18N2O4/c1-11(12-4-7-16(22-2)17(9-12)23-3)20-18(21)13-5-6-15-14(8-13)19-10-24-15/h4-11H,1-3H3,(H,20,21). The van der Waals surface area contributed by atoms with Crippen LogP contribution in [-0.2, 0) is 0 Å². The molecule has 1 aromatic heterocycles. The highest BCUT2D eigenvalue weighted by atomic mass is 16.5. The Morgan fingerprint density at radius 1 is 1.12 bits per heavy atom. The third-order valence-electron chi connectivity index (χ3n) is 3.85. The van der Waals surface area contributed by atoms with Crippen LogP contribution in [0.2, 0.25) is 0 Å². The van der Waals surface area contributed by atoms with Gasteiger partial charge in [-0.1, -0.05) is 6.07 Å². The first kappa shape index (κ1) is 15.9. The number of carbonyl (C=O) groups is 1. The number of oxazole rings is 1.